The molecule has 0 fully saturated rings. The first kappa shape index (κ1) is 14.4. The van der Waals surface area contributed by atoms with E-state index in [4.69, 9.17) is 9.47 Å². The van der Waals surface area contributed by atoms with Crippen LogP contribution in [0.2, 0.25) is 0 Å². The Morgan fingerprint density at radius 1 is 1.15 bits per heavy atom. The largest absolute Gasteiger partial charge is 0.497 e. The second-order valence-electron chi connectivity index (χ2n) is 4.88. The molecule has 1 aliphatic rings. The smallest absolute Gasteiger partial charge is 0.221 e. The first-order valence-electron chi connectivity index (χ1n) is 6.79. The van der Waals surface area contributed by atoms with Crippen LogP contribution in [0.4, 0.5) is 0 Å². The number of benzene rings is 1. The van der Waals surface area contributed by atoms with Crippen molar-refractivity contribution in [3.63, 3.8) is 0 Å². The number of hydrogen-bond donors (Lipinski definition) is 0. The molecule has 1 heterocycles. The second-order valence-corrected chi connectivity index (χ2v) is 4.88. The minimum atomic E-state index is -0.173. The SMILES string of the molecule is CCC1=C(OC)C(=O)C(Cc2ccc(OC)cc2)N1C. The average molecular weight is 275 g/mol. The van der Waals surface area contributed by atoms with Gasteiger partial charge in [-0.25, -0.2) is 0 Å². The number of hydrogen-bond acceptors (Lipinski definition) is 4. The van der Waals surface area contributed by atoms with Crippen LogP contribution in [0.3, 0.4) is 0 Å². The molecule has 1 unspecified atom stereocenters. The Labute approximate surface area is 120 Å². The molecular weight excluding hydrogens is 254 g/mol. The van der Waals surface area contributed by atoms with E-state index >= 15 is 0 Å². The van der Waals surface area contributed by atoms with Crippen LogP contribution in [0.15, 0.2) is 35.7 Å². The molecule has 4 nitrogen and oxygen atoms in total. The first-order valence-corrected chi connectivity index (χ1v) is 6.79. The molecule has 0 amide bonds. The Hall–Kier alpha value is -1.97. The molecule has 1 aromatic carbocycles. The van der Waals surface area contributed by atoms with Crippen molar-refractivity contribution in [1.82, 2.24) is 4.90 Å². The van der Waals surface area contributed by atoms with Gasteiger partial charge in [-0.3, -0.25) is 4.79 Å². The van der Waals surface area contributed by atoms with Crippen molar-refractivity contribution in [3.05, 3.63) is 41.3 Å². The minimum absolute atomic E-state index is 0.0719. The van der Waals surface area contributed by atoms with Gasteiger partial charge >= 0.3 is 0 Å². The van der Waals surface area contributed by atoms with Crippen molar-refractivity contribution < 1.29 is 14.3 Å². The third kappa shape index (κ3) is 2.50. The molecule has 0 bridgehead atoms. The van der Waals surface area contributed by atoms with E-state index in [9.17, 15) is 4.79 Å². The fourth-order valence-corrected chi connectivity index (χ4v) is 2.66. The zero-order valence-corrected chi connectivity index (χ0v) is 12.5. The fraction of sp³-hybridized carbons (Fsp3) is 0.438. The summed E-state index contributed by atoms with van der Waals surface area (Å²) in [5, 5.41) is 0. The predicted molar refractivity (Wildman–Crippen MR) is 77.6 cm³/mol. The highest BCUT2D eigenvalue weighted by Gasteiger charge is 2.37. The van der Waals surface area contributed by atoms with Crippen LogP contribution >= 0.6 is 0 Å². The molecule has 0 spiro atoms. The lowest BCUT2D eigenvalue weighted by Gasteiger charge is -2.23. The zero-order chi connectivity index (χ0) is 14.7. The quantitative estimate of drug-likeness (QED) is 0.827. The summed E-state index contributed by atoms with van der Waals surface area (Å²) in [7, 11) is 5.16. The molecule has 0 aliphatic carbocycles. The molecule has 2 rings (SSSR count). The Kier molecular flexibility index (Phi) is 4.32. The minimum Gasteiger partial charge on any atom is -0.497 e. The topological polar surface area (TPSA) is 38.8 Å². The molecular formula is C16H21NO3. The second kappa shape index (κ2) is 5.99. The van der Waals surface area contributed by atoms with Gasteiger partial charge in [0, 0.05) is 13.5 Å². The number of nitrogens with zero attached hydrogens (tertiary/aromatic N) is 1. The normalized spacial score (nSPS) is 18.7. The molecule has 108 valence electrons. The Morgan fingerprint density at radius 3 is 2.25 bits per heavy atom. The number of Topliss-reactive ketones (excluding diaryl/α,β-unsaturated/α-hetero) is 1. The summed E-state index contributed by atoms with van der Waals surface area (Å²) in [5.41, 5.74) is 2.10. The molecule has 0 N–H and O–H groups in total. The van der Waals surface area contributed by atoms with Crippen molar-refractivity contribution in [2.45, 2.75) is 25.8 Å². The van der Waals surface area contributed by atoms with Gasteiger partial charge in [0.05, 0.1) is 26.0 Å². The predicted octanol–water partition coefficient (Wildman–Crippen LogP) is 2.39. The third-order valence-electron chi connectivity index (χ3n) is 3.81. The molecule has 1 aliphatic heterocycles. The molecule has 0 aromatic heterocycles. The van der Waals surface area contributed by atoms with E-state index in [1.807, 2.05) is 43.1 Å². The van der Waals surface area contributed by atoms with Crippen LogP contribution in [-0.4, -0.2) is 38.0 Å². The summed E-state index contributed by atoms with van der Waals surface area (Å²) >= 11 is 0. The number of carbonyl (C=O) groups is 1. The maximum atomic E-state index is 12.4. The number of likely N-dealkylation sites (N-methyl/N-ethyl adjacent to an activating group) is 1. The maximum Gasteiger partial charge on any atom is 0.221 e. The summed E-state index contributed by atoms with van der Waals surface area (Å²) in [6, 6.07) is 7.65. The van der Waals surface area contributed by atoms with Crippen molar-refractivity contribution in [2.75, 3.05) is 21.3 Å². The fourth-order valence-electron chi connectivity index (χ4n) is 2.66. The number of allylic oxidation sites excluding steroid dienone is 1. The summed E-state index contributed by atoms with van der Waals surface area (Å²) in [5.74, 6) is 1.40. The number of carbonyl (C=O) groups excluding carboxylic acids is 1. The molecule has 0 saturated heterocycles. The van der Waals surface area contributed by atoms with Crippen molar-refractivity contribution in [3.8, 4) is 5.75 Å². The lowest BCUT2D eigenvalue weighted by Crippen LogP contribution is -2.33. The summed E-state index contributed by atoms with van der Waals surface area (Å²) < 4.78 is 10.4. The van der Waals surface area contributed by atoms with Crippen molar-refractivity contribution >= 4 is 5.78 Å². The number of ketones is 1. The van der Waals surface area contributed by atoms with Gasteiger partial charge in [-0.1, -0.05) is 19.1 Å². The number of ether oxygens (including phenoxy) is 2. The lowest BCUT2D eigenvalue weighted by atomic mass is 10.0. The van der Waals surface area contributed by atoms with Crippen LogP contribution in [-0.2, 0) is 16.0 Å². The van der Waals surface area contributed by atoms with E-state index in [0.29, 0.717) is 12.2 Å². The third-order valence-corrected chi connectivity index (χ3v) is 3.81. The molecule has 0 saturated carbocycles. The van der Waals surface area contributed by atoms with E-state index in [2.05, 4.69) is 0 Å². The molecule has 1 atom stereocenters. The summed E-state index contributed by atoms with van der Waals surface area (Å²) in [4.78, 5) is 14.4. The van der Waals surface area contributed by atoms with Crippen LogP contribution < -0.4 is 4.74 Å². The van der Waals surface area contributed by atoms with Gasteiger partial charge in [0.25, 0.3) is 0 Å². The van der Waals surface area contributed by atoms with E-state index in [0.717, 1.165) is 23.4 Å². The molecule has 4 heteroatoms. The zero-order valence-electron chi connectivity index (χ0n) is 12.5. The van der Waals surface area contributed by atoms with Crippen molar-refractivity contribution in [1.29, 1.82) is 0 Å². The Morgan fingerprint density at radius 2 is 1.80 bits per heavy atom. The van der Waals surface area contributed by atoms with E-state index in [-0.39, 0.29) is 11.8 Å². The van der Waals surface area contributed by atoms with E-state index < -0.39 is 0 Å². The summed E-state index contributed by atoms with van der Waals surface area (Å²) in [6.07, 6.45) is 1.47. The number of methoxy groups -OCH3 is 2. The maximum absolute atomic E-state index is 12.4. The van der Waals surface area contributed by atoms with Crippen LogP contribution in [0.25, 0.3) is 0 Å². The molecule has 20 heavy (non-hydrogen) atoms. The Bertz CT molecular complexity index is 519. The monoisotopic (exact) mass is 275 g/mol. The van der Waals surface area contributed by atoms with Crippen LogP contribution in [0.1, 0.15) is 18.9 Å². The van der Waals surface area contributed by atoms with Gasteiger partial charge in [0.2, 0.25) is 5.78 Å². The van der Waals surface area contributed by atoms with E-state index in [1.165, 1.54) is 0 Å². The average Bonchev–Trinajstić information content (AvgIpc) is 2.71. The summed E-state index contributed by atoms with van der Waals surface area (Å²) in [6.45, 7) is 2.04. The standard InChI is InChI=1S/C16H21NO3/c1-5-13-16(20-4)15(18)14(17(13)2)10-11-6-8-12(19-3)9-7-11/h6-9,14H,5,10H2,1-4H3. The van der Waals surface area contributed by atoms with Gasteiger partial charge in [-0.15, -0.1) is 0 Å². The number of rotatable bonds is 5. The highest BCUT2D eigenvalue weighted by molar-refractivity contribution is 6.01. The molecule has 0 radical (unpaired) electrons. The van der Waals surface area contributed by atoms with Gasteiger partial charge in [0.15, 0.2) is 5.76 Å². The van der Waals surface area contributed by atoms with Gasteiger partial charge in [-0.05, 0) is 24.1 Å². The van der Waals surface area contributed by atoms with Crippen LogP contribution in [0, 0.1) is 0 Å². The first-order chi connectivity index (χ1) is 9.62. The molecule has 1 aromatic rings. The lowest BCUT2D eigenvalue weighted by molar-refractivity contribution is -0.120. The highest BCUT2D eigenvalue weighted by Crippen LogP contribution is 2.29. The van der Waals surface area contributed by atoms with Crippen molar-refractivity contribution in [2.24, 2.45) is 0 Å². The van der Waals surface area contributed by atoms with E-state index in [1.54, 1.807) is 14.2 Å². The van der Waals surface area contributed by atoms with Gasteiger partial charge < -0.3 is 14.4 Å². The highest BCUT2D eigenvalue weighted by atomic mass is 16.5. The van der Waals surface area contributed by atoms with Gasteiger partial charge in [0.1, 0.15) is 5.75 Å². The van der Waals surface area contributed by atoms with Gasteiger partial charge in [-0.2, -0.15) is 0 Å². The Balaban J connectivity index is 2.16. The van der Waals surface area contributed by atoms with Crippen LogP contribution in [0.5, 0.6) is 5.75 Å².